The lowest BCUT2D eigenvalue weighted by atomic mass is 10.0. The normalized spacial score (nSPS) is 13.6. The number of thioether (sulfide) groups is 1. The van der Waals surface area contributed by atoms with Crippen LogP contribution in [0, 0.1) is 11.8 Å². The Kier molecular flexibility index (Phi) is 18.8. The molecule has 0 saturated heterocycles. The van der Waals surface area contributed by atoms with Crippen LogP contribution in [0.4, 0.5) is 0 Å². The molecule has 1 fully saturated rings. The van der Waals surface area contributed by atoms with Crippen LogP contribution in [-0.4, -0.2) is 50.6 Å². The number of hydrogen-bond acceptors (Lipinski definition) is 8. The molecule has 1 heterocycles. The number of carbonyl (C=O) groups excluding carboxylic acids is 3. The molecule has 1 aromatic heterocycles. The van der Waals surface area contributed by atoms with Gasteiger partial charge in [0, 0.05) is 39.2 Å². The van der Waals surface area contributed by atoms with Gasteiger partial charge in [-0.05, 0) is 93.4 Å². The number of carbonyl (C=O) groups is 3. The third kappa shape index (κ3) is 13.7. The van der Waals surface area contributed by atoms with Gasteiger partial charge >= 0.3 is 0 Å². The monoisotopic (exact) mass is 640 g/mol. The van der Waals surface area contributed by atoms with Gasteiger partial charge in [-0.25, -0.2) is 4.98 Å². The van der Waals surface area contributed by atoms with Gasteiger partial charge in [-0.1, -0.05) is 61.0 Å². The molecule has 0 atom stereocenters. The van der Waals surface area contributed by atoms with E-state index < -0.39 is 5.91 Å². The molecule has 7 nitrogen and oxygen atoms in total. The first-order valence-corrected chi connectivity index (χ1v) is 15.9. The van der Waals surface area contributed by atoms with Crippen molar-refractivity contribution in [2.75, 3.05) is 27.2 Å². The first-order chi connectivity index (χ1) is 20.8. The largest absolute Gasteiger partial charge is 0.346 e. The first-order valence-electron chi connectivity index (χ1n) is 13.8. The summed E-state index contributed by atoms with van der Waals surface area (Å²) >= 11 is 9.44. The van der Waals surface area contributed by atoms with Crippen molar-refractivity contribution >= 4 is 58.1 Å². The van der Waals surface area contributed by atoms with Gasteiger partial charge in [0.25, 0.3) is 5.91 Å². The molecule has 1 aromatic carbocycles. The number of aldehydes is 2. The molecule has 1 aliphatic carbocycles. The van der Waals surface area contributed by atoms with Crippen LogP contribution < -0.4 is 16.0 Å². The second-order valence-corrected chi connectivity index (χ2v) is 11.3. The number of aromatic nitrogens is 1. The van der Waals surface area contributed by atoms with E-state index in [1.807, 2.05) is 44.8 Å². The highest BCUT2D eigenvalue weighted by Gasteiger charge is 2.43. The van der Waals surface area contributed by atoms with E-state index in [1.165, 1.54) is 28.9 Å². The van der Waals surface area contributed by atoms with Gasteiger partial charge in [-0.2, -0.15) is 0 Å². The van der Waals surface area contributed by atoms with Crippen LogP contribution in [0.5, 0.6) is 0 Å². The Morgan fingerprint density at radius 1 is 1.19 bits per heavy atom. The van der Waals surface area contributed by atoms with Crippen LogP contribution in [0.2, 0.25) is 5.02 Å². The molecular formula is C33H41ClN4O3S2. The Labute approximate surface area is 269 Å². The number of rotatable bonds is 12. The first kappa shape index (κ1) is 37.8. The zero-order valence-electron chi connectivity index (χ0n) is 25.5. The molecule has 0 spiro atoms. The zero-order valence-corrected chi connectivity index (χ0v) is 27.8. The van der Waals surface area contributed by atoms with Gasteiger partial charge < -0.3 is 16.0 Å². The molecule has 0 aliphatic heterocycles. The van der Waals surface area contributed by atoms with Gasteiger partial charge in [-0.3, -0.25) is 14.4 Å². The summed E-state index contributed by atoms with van der Waals surface area (Å²) in [4.78, 5) is 36.7. The standard InChI is InChI=1S/C15H18ClNS.C11H15NO3.C7H8N2S/c1-4-14(18-5-2)11-8-12(10-13(16)9-11)15(17-3)6-7-15;1-3-5-10(7-13)9(4-2)6-12-11(15)8-14;1-8-4-2-3-7-9-5-6-10-7/h4-5,8-10,17H,2,6-7H2,1,3H3;4-5,7-8H,3,6H2,1-2H3,(H,12,15);5-6,8H,4H2,1H3/b14-4-;9-4-,10-5-;. The lowest BCUT2D eigenvalue weighted by Gasteiger charge is -2.17. The van der Waals surface area contributed by atoms with Crippen molar-refractivity contribution in [2.24, 2.45) is 0 Å². The summed E-state index contributed by atoms with van der Waals surface area (Å²) in [5.41, 5.74) is 3.87. The molecule has 0 radical (unpaired) electrons. The second kappa shape index (κ2) is 21.4. The molecule has 230 valence electrons. The number of allylic oxidation sites excluding steroid dienone is 3. The van der Waals surface area contributed by atoms with Crippen LogP contribution in [0.1, 0.15) is 56.2 Å². The molecule has 1 saturated carbocycles. The number of thiazole rings is 1. The van der Waals surface area contributed by atoms with E-state index in [9.17, 15) is 14.4 Å². The molecule has 1 aliphatic rings. The number of halogens is 1. The molecule has 1 amide bonds. The van der Waals surface area contributed by atoms with E-state index in [0.29, 0.717) is 11.1 Å². The Morgan fingerprint density at radius 2 is 1.93 bits per heavy atom. The summed E-state index contributed by atoms with van der Waals surface area (Å²) in [6.07, 6.45) is 11.4. The van der Waals surface area contributed by atoms with E-state index in [2.05, 4.69) is 57.6 Å². The summed E-state index contributed by atoms with van der Waals surface area (Å²) in [7, 11) is 3.89. The lowest BCUT2D eigenvalue weighted by Crippen LogP contribution is -2.26. The summed E-state index contributed by atoms with van der Waals surface area (Å²) in [5, 5.41) is 14.2. The van der Waals surface area contributed by atoms with Crippen LogP contribution in [-0.2, 0) is 19.9 Å². The Bertz CT molecular complexity index is 1350. The summed E-state index contributed by atoms with van der Waals surface area (Å²) in [6.45, 7) is 10.4. The molecule has 0 unspecified atom stereocenters. The van der Waals surface area contributed by atoms with Crippen molar-refractivity contribution in [3.8, 4) is 11.8 Å². The summed E-state index contributed by atoms with van der Waals surface area (Å²) in [6, 6.07) is 6.32. The van der Waals surface area contributed by atoms with E-state index in [0.717, 1.165) is 29.3 Å². The average molecular weight is 641 g/mol. The summed E-state index contributed by atoms with van der Waals surface area (Å²) < 4.78 is 0. The molecule has 10 heteroatoms. The van der Waals surface area contributed by atoms with Crippen molar-refractivity contribution in [1.82, 2.24) is 20.9 Å². The number of amides is 1. The van der Waals surface area contributed by atoms with Gasteiger partial charge in [-0.15, -0.1) is 11.3 Å². The van der Waals surface area contributed by atoms with Gasteiger partial charge in [0.1, 0.15) is 6.29 Å². The van der Waals surface area contributed by atoms with Crippen molar-refractivity contribution in [3.63, 3.8) is 0 Å². The van der Waals surface area contributed by atoms with E-state index in [1.54, 1.807) is 48.4 Å². The van der Waals surface area contributed by atoms with Crippen molar-refractivity contribution in [3.05, 3.63) is 92.3 Å². The van der Waals surface area contributed by atoms with Crippen LogP contribution >= 0.6 is 34.7 Å². The maximum atomic E-state index is 10.7. The number of nitrogens with zero attached hydrogens (tertiary/aromatic N) is 1. The topological polar surface area (TPSA) is 100 Å². The minimum atomic E-state index is -0.684. The second-order valence-electron chi connectivity index (χ2n) is 9.00. The highest BCUT2D eigenvalue weighted by molar-refractivity contribution is 8.10. The van der Waals surface area contributed by atoms with Crippen molar-refractivity contribution < 1.29 is 14.4 Å². The van der Waals surface area contributed by atoms with Crippen LogP contribution in [0.15, 0.2) is 71.1 Å². The number of nitrogens with one attached hydrogen (secondary N) is 3. The average Bonchev–Trinajstić information content (AvgIpc) is 3.66. The van der Waals surface area contributed by atoms with Crippen LogP contribution in [0.25, 0.3) is 4.91 Å². The molecule has 0 bridgehead atoms. The maximum absolute atomic E-state index is 10.7. The van der Waals surface area contributed by atoms with E-state index in [4.69, 9.17) is 11.6 Å². The highest BCUT2D eigenvalue weighted by atomic mass is 35.5. The Morgan fingerprint density at radius 3 is 2.42 bits per heavy atom. The maximum Gasteiger partial charge on any atom is 0.284 e. The minimum absolute atomic E-state index is 0.150. The van der Waals surface area contributed by atoms with Crippen LogP contribution in [0.3, 0.4) is 0 Å². The highest BCUT2D eigenvalue weighted by Crippen LogP contribution is 2.46. The Hall–Kier alpha value is -3.26. The number of benzene rings is 1. The molecule has 3 rings (SSSR count). The third-order valence-electron chi connectivity index (χ3n) is 6.16. The predicted molar refractivity (Wildman–Crippen MR) is 183 cm³/mol. The van der Waals surface area contributed by atoms with Crippen molar-refractivity contribution in [1.29, 1.82) is 0 Å². The zero-order chi connectivity index (χ0) is 32.1. The van der Waals surface area contributed by atoms with Gasteiger partial charge in [0.2, 0.25) is 6.29 Å². The fourth-order valence-corrected chi connectivity index (χ4v) is 5.08. The fourth-order valence-electron chi connectivity index (χ4n) is 3.77. The third-order valence-corrected chi connectivity index (χ3v) is 7.96. The van der Waals surface area contributed by atoms with Gasteiger partial charge in [0.05, 0.1) is 6.54 Å². The quantitative estimate of drug-likeness (QED) is 0.0825. The fraction of sp³-hybridized carbons (Fsp3) is 0.333. The Balaban J connectivity index is 0.000000336. The van der Waals surface area contributed by atoms with Crippen molar-refractivity contribution in [2.45, 2.75) is 45.6 Å². The predicted octanol–water partition coefficient (Wildman–Crippen LogP) is 6.28. The number of hydrogen-bond donors (Lipinski definition) is 3. The smallest absolute Gasteiger partial charge is 0.284 e. The van der Waals surface area contributed by atoms with E-state index in [-0.39, 0.29) is 18.4 Å². The summed E-state index contributed by atoms with van der Waals surface area (Å²) in [5.74, 6) is 5.16. The molecule has 3 N–H and O–H groups in total. The van der Waals surface area contributed by atoms with Gasteiger partial charge in [0.15, 0.2) is 5.01 Å². The SMILES string of the molecule is C/C=C(CNC(=O)C=O)\C(C=O)=C/CC.C=CS/C(=C\C)c1cc(Cl)cc(C2(NC)CC2)c1.CNCC#Cc1nccs1. The molecule has 43 heavy (non-hydrogen) atoms. The molecule has 2 aromatic rings. The molecular weight excluding hydrogens is 600 g/mol. The lowest BCUT2D eigenvalue weighted by molar-refractivity contribution is -0.131. The minimum Gasteiger partial charge on any atom is -0.346 e. The van der Waals surface area contributed by atoms with E-state index >= 15 is 0 Å².